The summed E-state index contributed by atoms with van der Waals surface area (Å²) in [6.07, 6.45) is 5.31. The molecule has 8 unspecified atom stereocenters. The van der Waals surface area contributed by atoms with Crippen molar-refractivity contribution < 1.29 is 0 Å². The first-order valence-corrected chi connectivity index (χ1v) is 21.8. The van der Waals surface area contributed by atoms with Gasteiger partial charge < -0.3 is 15.5 Å². The molecule has 0 amide bonds. The number of benzene rings is 5. The molecule has 1 saturated carbocycles. The van der Waals surface area contributed by atoms with Crippen LogP contribution in [0.3, 0.4) is 0 Å². The van der Waals surface area contributed by atoms with Crippen molar-refractivity contribution in [2.24, 2.45) is 29.1 Å². The van der Waals surface area contributed by atoms with Crippen LogP contribution in [0.2, 0.25) is 0 Å². The summed E-state index contributed by atoms with van der Waals surface area (Å²) in [6.45, 7) is 14.8. The minimum absolute atomic E-state index is 0.0554. The smallest absolute Gasteiger partial charge is 0.0465 e. The molecule has 4 nitrogen and oxygen atoms in total. The van der Waals surface area contributed by atoms with Gasteiger partial charge in [-0.1, -0.05) is 113 Å². The molecule has 5 aromatic rings. The Hall–Kier alpha value is -4.22. The summed E-state index contributed by atoms with van der Waals surface area (Å²) in [5.74, 6) is 3.70. The van der Waals surface area contributed by atoms with Crippen molar-refractivity contribution in [3.8, 4) is 22.3 Å². The van der Waals surface area contributed by atoms with Crippen LogP contribution in [0.15, 0.2) is 121 Å². The lowest BCUT2D eigenvalue weighted by atomic mass is 9.57. The van der Waals surface area contributed by atoms with E-state index in [4.69, 9.17) is 0 Å². The average molecular weight is 739 g/mol. The Morgan fingerprint density at radius 2 is 1.25 bits per heavy atom. The molecular formula is C52H58N4. The largest absolute Gasteiger partial charge is 0.316 e. The van der Waals surface area contributed by atoms with Gasteiger partial charge in [-0.2, -0.15) is 0 Å². The normalized spacial score (nSPS) is 30.7. The van der Waals surface area contributed by atoms with Gasteiger partial charge in [0.25, 0.3) is 0 Å². The van der Waals surface area contributed by atoms with Crippen LogP contribution in [0.5, 0.6) is 0 Å². The zero-order valence-electron chi connectivity index (χ0n) is 33.7. The van der Waals surface area contributed by atoms with Crippen molar-refractivity contribution in [1.82, 2.24) is 15.5 Å². The molecule has 2 aliphatic carbocycles. The standard InChI is InChI=1S/C52H58N4/c1-51(2)44-13-9-8-12-40(44)41-24-23-39(29-45(41)51)55(37-19-14-34(15-20-37)33-10-6-5-7-11-33)38-21-16-35(17-22-38)36-18-25-48-42(28-36)43-30-54-32-47-50(43)56(48)49-26-27-53-31-46(49)52(47,3)4/h5-17,19-24,29,36,42-43,46-50,53-54H,18,25-28,30-32H2,1-4H3. The van der Waals surface area contributed by atoms with Crippen molar-refractivity contribution in [2.45, 2.75) is 82.8 Å². The third-order valence-electron chi connectivity index (χ3n) is 16.2. The number of anilines is 3. The van der Waals surface area contributed by atoms with Gasteiger partial charge in [-0.3, -0.25) is 4.90 Å². The van der Waals surface area contributed by atoms with Crippen LogP contribution >= 0.6 is 0 Å². The molecule has 0 bridgehead atoms. The summed E-state index contributed by atoms with van der Waals surface area (Å²) in [7, 11) is 0. The second-order valence-electron chi connectivity index (χ2n) is 19.3. The van der Waals surface area contributed by atoms with Crippen LogP contribution in [0.4, 0.5) is 17.1 Å². The maximum absolute atomic E-state index is 3.99. The molecule has 8 atom stereocenters. The molecule has 5 fully saturated rings. The second-order valence-corrected chi connectivity index (χ2v) is 19.3. The molecule has 56 heavy (non-hydrogen) atoms. The molecule has 5 aromatic carbocycles. The van der Waals surface area contributed by atoms with Gasteiger partial charge in [-0.15, -0.1) is 0 Å². The highest BCUT2D eigenvalue weighted by Crippen LogP contribution is 2.60. The Kier molecular flexibility index (Phi) is 8.22. The number of hydrogen-bond donors (Lipinski definition) is 2. The highest BCUT2D eigenvalue weighted by atomic mass is 15.3. The molecule has 4 saturated heterocycles. The quantitative estimate of drug-likeness (QED) is 0.188. The van der Waals surface area contributed by atoms with E-state index in [9.17, 15) is 0 Å². The molecular weight excluding hydrogens is 681 g/mol. The molecule has 4 heteroatoms. The Labute approximate surface area is 334 Å². The average Bonchev–Trinajstić information content (AvgIpc) is 3.69. The summed E-state index contributed by atoms with van der Waals surface area (Å²) in [5.41, 5.74) is 13.5. The van der Waals surface area contributed by atoms with Crippen LogP contribution in [-0.2, 0) is 5.41 Å². The summed E-state index contributed by atoms with van der Waals surface area (Å²) in [5, 5.41) is 7.79. The number of fused-ring (bicyclic) bond motifs is 8. The lowest BCUT2D eigenvalue weighted by molar-refractivity contribution is -0.113. The van der Waals surface area contributed by atoms with Crippen LogP contribution in [-0.4, -0.2) is 49.2 Å². The molecule has 0 spiro atoms. The van der Waals surface area contributed by atoms with E-state index in [1.54, 1.807) is 0 Å². The van der Waals surface area contributed by atoms with Gasteiger partial charge in [-0.05, 0) is 162 Å². The van der Waals surface area contributed by atoms with E-state index in [0.29, 0.717) is 11.3 Å². The van der Waals surface area contributed by atoms with Crippen LogP contribution in [0, 0.1) is 29.1 Å². The zero-order valence-corrected chi connectivity index (χ0v) is 33.7. The highest BCUT2D eigenvalue weighted by Gasteiger charge is 2.64. The van der Waals surface area contributed by atoms with Crippen LogP contribution in [0.1, 0.15) is 76.0 Å². The number of rotatable bonds is 5. The van der Waals surface area contributed by atoms with Gasteiger partial charge in [0.05, 0.1) is 0 Å². The third kappa shape index (κ3) is 5.28. The maximum atomic E-state index is 3.99. The van der Waals surface area contributed by atoms with E-state index >= 15 is 0 Å². The first-order valence-electron chi connectivity index (χ1n) is 21.8. The van der Waals surface area contributed by atoms with Gasteiger partial charge in [0.1, 0.15) is 0 Å². The minimum atomic E-state index is -0.0554. The molecule has 6 aliphatic rings. The lowest BCUT2D eigenvalue weighted by Gasteiger charge is -2.61. The Bertz CT molecular complexity index is 2240. The van der Waals surface area contributed by atoms with Gasteiger partial charge >= 0.3 is 0 Å². The van der Waals surface area contributed by atoms with E-state index in [2.05, 4.69) is 169 Å². The fourth-order valence-electron chi connectivity index (χ4n) is 13.3. The van der Waals surface area contributed by atoms with Crippen LogP contribution in [0.25, 0.3) is 22.3 Å². The molecule has 4 heterocycles. The molecule has 4 aliphatic heterocycles. The lowest BCUT2D eigenvalue weighted by Crippen LogP contribution is -2.69. The predicted molar refractivity (Wildman–Crippen MR) is 232 cm³/mol. The van der Waals surface area contributed by atoms with E-state index in [0.717, 1.165) is 41.8 Å². The van der Waals surface area contributed by atoms with Crippen LogP contribution < -0.4 is 15.5 Å². The molecule has 286 valence electrons. The SMILES string of the molecule is CC1(C)c2ccccc2-c2ccc(N(c3ccc(-c4ccccc4)cc3)c3ccc(C4CCC5C(C4)C4CNCC6C4N5C4CCNCC4C6(C)C)cc3)cc21. The van der Waals surface area contributed by atoms with Crippen molar-refractivity contribution in [3.63, 3.8) is 0 Å². The number of hydrogen-bond acceptors (Lipinski definition) is 4. The van der Waals surface area contributed by atoms with Gasteiger partial charge in [-0.25, -0.2) is 0 Å². The first-order chi connectivity index (χ1) is 27.3. The zero-order chi connectivity index (χ0) is 37.8. The van der Waals surface area contributed by atoms with E-state index < -0.39 is 0 Å². The monoisotopic (exact) mass is 738 g/mol. The van der Waals surface area contributed by atoms with Crippen molar-refractivity contribution in [1.29, 1.82) is 0 Å². The van der Waals surface area contributed by atoms with Gasteiger partial charge in [0, 0.05) is 40.6 Å². The van der Waals surface area contributed by atoms with Crippen molar-refractivity contribution in [3.05, 3.63) is 138 Å². The fourth-order valence-corrected chi connectivity index (χ4v) is 13.3. The predicted octanol–water partition coefficient (Wildman–Crippen LogP) is 10.9. The molecule has 2 N–H and O–H groups in total. The van der Waals surface area contributed by atoms with Crippen molar-refractivity contribution in [2.75, 3.05) is 31.1 Å². The summed E-state index contributed by atoms with van der Waals surface area (Å²) in [4.78, 5) is 5.64. The highest BCUT2D eigenvalue weighted by molar-refractivity contribution is 5.86. The third-order valence-corrected chi connectivity index (χ3v) is 16.2. The number of nitrogens with one attached hydrogen (secondary N) is 2. The summed E-state index contributed by atoms with van der Waals surface area (Å²) < 4.78 is 0. The van der Waals surface area contributed by atoms with E-state index in [1.807, 2.05) is 0 Å². The van der Waals surface area contributed by atoms with E-state index in [1.165, 1.54) is 108 Å². The van der Waals surface area contributed by atoms with Gasteiger partial charge in [0.15, 0.2) is 0 Å². The number of piperidine rings is 3. The van der Waals surface area contributed by atoms with E-state index in [-0.39, 0.29) is 5.41 Å². The second kappa shape index (κ2) is 13.2. The first kappa shape index (κ1) is 35.0. The Morgan fingerprint density at radius 1 is 0.571 bits per heavy atom. The van der Waals surface area contributed by atoms with Crippen molar-refractivity contribution >= 4 is 17.1 Å². The maximum Gasteiger partial charge on any atom is 0.0465 e. The minimum Gasteiger partial charge on any atom is -0.316 e. The number of nitrogens with zero attached hydrogens (tertiary/aromatic N) is 2. The van der Waals surface area contributed by atoms with Gasteiger partial charge in [0.2, 0.25) is 0 Å². The Balaban J connectivity index is 0.916. The summed E-state index contributed by atoms with van der Waals surface area (Å²) in [6, 6.07) is 48.1. The molecule has 0 radical (unpaired) electrons. The summed E-state index contributed by atoms with van der Waals surface area (Å²) >= 11 is 0. The molecule has 11 rings (SSSR count). The topological polar surface area (TPSA) is 30.5 Å². The fraction of sp³-hybridized carbons (Fsp3) is 0.423. The molecule has 0 aromatic heterocycles. The Morgan fingerprint density at radius 3 is 2.05 bits per heavy atom.